The predicted octanol–water partition coefficient (Wildman–Crippen LogP) is 5.52. The smallest absolute Gasteiger partial charge is 0.0357 e. The Labute approximate surface area is 109 Å². The molecule has 0 saturated heterocycles. The first-order valence-corrected chi connectivity index (χ1v) is 8.13. The van der Waals surface area contributed by atoms with E-state index >= 15 is 0 Å². The highest BCUT2D eigenvalue weighted by molar-refractivity contribution is 4.89. The molecule has 0 heteroatoms. The molecule has 2 aliphatic rings. The van der Waals surface area contributed by atoms with Crippen LogP contribution in [0.3, 0.4) is 0 Å². The highest BCUT2D eigenvalue weighted by Crippen LogP contribution is 2.49. The minimum atomic E-state index is 0.985. The van der Waals surface area contributed by atoms with Crippen LogP contribution in [0.15, 0.2) is 0 Å². The van der Waals surface area contributed by atoms with E-state index in [1.807, 2.05) is 0 Å². The standard InChI is InChI=1S/C17H32/c1-5-6-13(3)15-8-9-16(11-15)17-10-7-12(2)14(17)4/h12-17H,5-11H2,1-4H3. The molecule has 0 amide bonds. The van der Waals surface area contributed by atoms with E-state index in [-0.39, 0.29) is 0 Å². The monoisotopic (exact) mass is 236 g/mol. The van der Waals surface area contributed by atoms with Gasteiger partial charge in [0.2, 0.25) is 0 Å². The first-order chi connectivity index (χ1) is 8.13. The Hall–Kier alpha value is 0. The summed E-state index contributed by atoms with van der Waals surface area (Å²) in [6.45, 7) is 9.82. The van der Waals surface area contributed by atoms with Gasteiger partial charge in [-0.05, 0) is 61.2 Å². The van der Waals surface area contributed by atoms with E-state index in [0.717, 1.165) is 35.5 Å². The van der Waals surface area contributed by atoms with Crippen molar-refractivity contribution in [2.24, 2.45) is 35.5 Å². The lowest BCUT2D eigenvalue weighted by atomic mass is 9.80. The van der Waals surface area contributed by atoms with Crippen molar-refractivity contribution < 1.29 is 0 Å². The van der Waals surface area contributed by atoms with Crippen LogP contribution in [0.4, 0.5) is 0 Å². The van der Waals surface area contributed by atoms with E-state index in [2.05, 4.69) is 27.7 Å². The maximum absolute atomic E-state index is 2.52. The molecular formula is C17H32. The van der Waals surface area contributed by atoms with Gasteiger partial charge in [0, 0.05) is 0 Å². The van der Waals surface area contributed by atoms with Gasteiger partial charge in [0.15, 0.2) is 0 Å². The van der Waals surface area contributed by atoms with E-state index in [9.17, 15) is 0 Å². The van der Waals surface area contributed by atoms with Crippen molar-refractivity contribution in [3.8, 4) is 0 Å². The Balaban J connectivity index is 1.85. The molecular weight excluding hydrogens is 204 g/mol. The number of rotatable bonds is 4. The molecule has 0 N–H and O–H groups in total. The van der Waals surface area contributed by atoms with Crippen LogP contribution in [0.5, 0.6) is 0 Å². The quantitative estimate of drug-likeness (QED) is 0.603. The van der Waals surface area contributed by atoms with Crippen LogP contribution in [0.2, 0.25) is 0 Å². The van der Waals surface area contributed by atoms with Gasteiger partial charge in [0.1, 0.15) is 0 Å². The van der Waals surface area contributed by atoms with Crippen molar-refractivity contribution >= 4 is 0 Å². The molecule has 100 valence electrons. The average Bonchev–Trinajstić information content (AvgIpc) is 2.88. The third-order valence-electron chi connectivity index (χ3n) is 6.20. The highest BCUT2D eigenvalue weighted by Gasteiger charge is 2.39. The summed E-state index contributed by atoms with van der Waals surface area (Å²) in [5, 5.41) is 0. The molecule has 2 aliphatic carbocycles. The highest BCUT2D eigenvalue weighted by atomic mass is 14.4. The molecule has 2 rings (SSSR count). The molecule has 0 radical (unpaired) electrons. The summed E-state index contributed by atoms with van der Waals surface area (Å²) >= 11 is 0. The lowest BCUT2D eigenvalue weighted by Gasteiger charge is -2.25. The van der Waals surface area contributed by atoms with Gasteiger partial charge >= 0.3 is 0 Å². The molecule has 2 saturated carbocycles. The number of hydrogen-bond acceptors (Lipinski definition) is 0. The summed E-state index contributed by atoms with van der Waals surface area (Å²) in [6.07, 6.45) is 10.5. The molecule has 0 nitrogen and oxygen atoms in total. The zero-order chi connectivity index (χ0) is 12.4. The van der Waals surface area contributed by atoms with Gasteiger partial charge in [0.25, 0.3) is 0 Å². The van der Waals surface area contributed by atoms with Gasteiger partial charge < -0.3 is 0 Å². The molecule has 0 aromatic heterocycles. The van der Waals surface area contributed by atoms with Crippen molar-refractivity contribution in [3.63, 3.8) is 0 Å². The van der Waals surface area contributed by atoms with Crippen molar-refractivity contribution in [2.75, 3.05) is 0 Å². The van der Waals surface area contributed by atoms with Crippen molar-refractivity contribution in [1.82, 2.24) is 0 Å². The second-order valence-corrected chi connectivity index (χ2v) is 7.18. The van der Waals surface area contributed by atoms with Crippen molar-refractivity contribution in [2.45, 2.75) is 72.6 Å². The topological polar surface area (TPSA) is 0 Å². The molecule has 0 heterocycles. The summed E-state index contributed by atoms with van der Waals surface area (Å²) in [6, 6.07) is 0. The number of hydrogen-bond donors (Lipinski definition) is 0. The molecule has 0 aromatic carbocycles. The van der Waals surface area contributed by atoms with Crippen molar-refractivity contribution in [3.05, 3.63) is 0 Å². The van der Waals surface area contributed by atoms with E-state index in [4.69, 9.17) is 0 Å². The Morgan fingerprint density at radius 3 is 2.41 bits per heavy atom. The van der Waals surface area contributed by atoms with Gasteiger partial charge in [-0.3, -0.25) is 0 Å². The second-order valence-electron chi connectivity index (χ2n) is 7.18. The van der Waals surface area contributed by atoms with E-state index in [1.54, 1.807) is 12.8 Å². The summed E-state index contributed by atoms with van der Waals surface area (Å²) in [7, 11) is 0. The van der Waals surface area contributed by atoms with Crippen molar-refractivity contribution in [1.29, 1.82) is 0 Å². The normalized spacial score (nSPS) is 44.1. The first kappa shape index (κ1) is 13.4. The summed E-state index contributed by atoms with van der Waals surface area (Å²) < 4.78 is 0. The molecule has 0 aliphatic heterocycles. The van der Waals surface area contributed by atoms with Gasteiger partial charge in [-0.25, -0.2) is 0 Å². The lowest BCUT2D eigenvalue weighted by Crippen LogP contribution is -2.18. The molecule has 17 heavy (non-hydrogen) atoms. The summed E-state index contributed by atoms with van der Waals surface area (Å²) in [4.78, 5) is 0. The zero-order valence-electron chi connectivity index (χ0n) is 12.4. The van der Waals surface area contributed by atoms with Crippen LogP contribution < -0.4 is 0 Å². The largest absolute Gasteiger partial charge is 0.0654 e. The maximum atomic E-state index is 2.52. The second kappa shape index (κ2) is 5.76. The maximum Gasteiger partial charge on any atom is -0.0357 e. The third-order valence-corrected chi connectivity index (χ3v) is 6.20. The third kappa shape index (κ3) is 2.88. The minimum Gasteiger partial charge on any atom is -0.0654 e. The fourth-order valence-electron chi connectivity index (χ4n) is 4.72. The Kier molecular flexibility index (Phi) is 4.55. The van der Waals surface area contributed by atoms with Gasteiger partial charge in [0.05, 0.1) is 0 Å². The summed E-state index contributed by atoms with van der Waals surface area (Å²) in [5.41, 5.74) is 0. The van der Waals surface area contributed by atoms with Crippen LogP contribution in [0.1, 0.15) is 72.6 Å². The fourth-order valence-corrected chi connectivity index (χ4v) is 4.72. The van der Waals surface area contributed by atoms with Gasteiger partial charge in [-0.2, -0.15) is 0 Å². The lowest BCUT2D eigenvalue weighted by molar-refractivity contribution is 0.237. The predicted molar refractivity (Wildman–Crippen MR) is 76.0 cm³/mol. The molecule has 0 aromatic rings. The molecule has 6 unspecified atom stereocenters. The molecule has 6 atom stereocenters. The Morgan fingerprint density at radius 1 is 1.06 bits per heavy atom. The average molecular weight is 236 g/mol. The SMILES string of the molecule is CCCC(C)C1CCC(C2CCC(C)C2C)C1. The minimum absolute atomic E-state index is 0.985. The Bertz CT molecular complexity index is 232. The zero-order valence-corrected chi connectivity index (χ0v) is 12.4. The van der Waals surface area contributed by atoms with Crippen LogP contribution in [-0.4, -0.2) is 0 Å². The van der Waals surface area contributed by atoms with Gasteiger partial charge in [-0.1, -0.05) is 47.0 Å². The van der Waals surface area contributed by atoms with E-state index < -0.39 is 0 Å². The molecule has 0 spiro atoms. The first-order valence-electron chi connectivity index (χ1n) is 8.13. The van der Waals surface area contributed by atoms with Crippen LogP contribution in [0, 0.1) is 35.5 Å². The van der Waals surface area contributed by atoms with E-state index in [0.29, 0.717) is 0 Å². The fraction of sp³-hybridized carbons (Fsp3) is 1.00. The van der Waals surface area contributed by atoms with Gasteiger partial charge in [-0.15, -0.1) is 0 Å². The van der Waals surface area contributed by atoms with Crippen LogP contribution >= 0.6 is 0 Å². The Morgan fingerprint density at radius 2 is 1.82 bits per heavy atom. The molecule has 0 bridgehead atoms. The van der Waals surface area contributed by atoms with E-state index in [1.165, 1.54) is 32.1 Å². The molecule has 2 fully saturated rings. The summed E-state index contributed by atoms with van der Waals surface area (Å²) in [5.74, 6) is 6.19. The van der Waals surface area contributed by atoms with Crippen LogP contribution in [0.25, 0.3) is 0 Å². The van der Waals surface area contributed by atoms with Crippen LogP contribution in [-0.2, 0) is 0 Å².